The maximum Gasteiger partial charge on any atom is 0.262 e. The Morgan fingerprint density at radius 2 is 2.41 bits per heavy atom. The second-order valence-electron chi connectivity index (χ2n) is 3.95. The number of thioether (sulfide) groups is 1. The van der Waals surface area contributed by atoms with Crippen LogP contribution in [-0.4, -0.2) is 27.0 Å². The van der Waals surface area contributed by atoms with Crippen LogP contribution in [0, 0.1) is 0 Å². The molecule has 0 unspecified atom stereocenters. The van der Waals surface area contributed by atoms with Gasteiger partial charge >= 0.3 is 0 Å². The highest BCUT2D eigenvalue weighted by molar-refractivity contribution is 7.98. The van der Waals surface area contributed by atoms with Crippen molar-refractivity contribution in [3.63, 3.8) is 0 Å². The van der Waals surface area contributed by atoms with Crippen molar-refractivity contribution in [3.05, 3.63) is 27.1 Å². The van der Waals surface area contributed by atoms with Crippen molar-refractivity contribution in [2.24, 2.45) is 0 Å². The molecule has 0 saturated heterocycles. The Hall–Kier alpha value is -0.850. The molecule has 0 atom stereocenters. The predicted molar refractivity (Wildman–Crippen MR) is 70.8 cm³/mol. The summed E-state index contributed by atoms with van der Waals surface area (Å²) in [5.41, 5.74) is 1.18. The lowest BCUT2D eigenvalue weighted by Crippen LogP contribution is -2.22. The molecule has 0 bridgehead atoms. The van der Waals surface area contributed by atoms with Crippen LogP contribution < -0.4 is 5.56 Å². The van der Waals surface area contributed by atoms with Crippen LogP contribution in [-0.2, 0) is 18.7 Å². The third-order valence-electron chi connectivity index (χ3n) is 2.93. The van der Waals surface area contributed by atoms with Gasteiger partial charge < -0.3 is 5.11 Å². The minimum atomic E-state index is -0.0325. The number of nitrogens with zero attached hydrogens (tertiary/aromatic N) is 2. The molecule has 0 amide bonds. The van der Waals surface area contributed by atoms with Crippen LogP contribution in [0.4, 0.5) is 0 Å². The molecule has 6 heteroatoms. The second kappa shape index (κ2) is 4.44. The normalized spacial score (nSPS) is 15.1. The minimum Gasteiger partial charge on any atom is -0.395 e. The first-order valence-corrected chi connectivity index (χ1v) is 7.46. The van der Waals surface area contributed by atoms with Crippen molar-refractivity contribution >= 4 is 33.3 Å². The topological polar surface area (TPSA) is 55.1 Å². The van der Waals surface area contributed by atoms with E-state index < -0.39 is 0 Å². The Morgan fingerprint density at radius 3 is 3.24 bits per heavy atom. The molecule has 2 aromatic heterocycles. The van der Waals surface area contributed by atoms with Crippen molar-refractivity contribution in [3.8, 4) is 0 Å². The molecule has 90 valence electrons. The first-order chi connectivity index (χ1) is 8.31. The fourth-order valence-corrected chi connectivity index (χ4v) is 4.43. The molecule has 0 fully saturated rings. The molecule has 0 aliphatic carbocycles. The summed E-state index contributed by atoms with van der Waals surface area (Å²) in [6.07, 6.45) is 2.50. The fraction of sp³-hybridized carbons (Fsp3) is 0.455. The SMILES string of the molecule is O=c1c2c3c(sc2ncn1CCO)CSCC3. The summed E-state index contributed by atoms with van der Waals surface area (Å²) in [6, 6.07) is 0. The van der Waals surface area contributed by atoms with E-state index in [1.165, 1.54) is 21.3 Å². The van der Waals surface area contributed by atoms with Crippen LogP contribution in [0.1, 0.15) is 10.4 Å². The van der Waals surface area contributed by atoms with E-state index in [1.807, 2.05) is 11.8 Å². The monoisotopic (exact) mass is 268 g/mol. The zero-order valence-electron chi connectivity index (χ0n) is 9.18. The molecule has 0 saturated carbocycles. The van der Waals surface area contributed by atoms with E-state index in [0.29, 0.717) is 6.54 Å². The van der Waals surface area contributed by atoms with Gasteiger partial charge in [0.25, 0.3) is 5.56 Å². The maximum absolute atomic E-state index is 12.3. The van der Waals surface area contributed by atoms with Crippen molar-refractivity contribution in [2.75, 3.05) is 12.4 Å². The van der Waals surface area contributed by atoms with Crippen LogP contribution in [0.5, 0.6) is 0 Å². The molecule has 4 nitrogen and oxygen atoms in total. The fourth-order valence-electron chi connectivity index (χ4n) is 2.11. The van der Waals surface area contributed by atoms with Gasteiger partial charge in [-0.1, -0.05) is 0 Å². The van der Waals surface area contributed by atoms with E-state index in [4.69, 9.17) is 5.11 Å². The lowest BCUT2D eigenvalue weighted by Gasteiger charge is -2.10. The summed E-state index contributed by atoms with van der Waals surface area (Å²) >= 11 is 3.54. The molecule has 0 radical (unpaired) electrons. The average Bonchev–Trinajstić information content (AvgIpc) is 2.72. The van der Waals surface area contributed by atoms with Crippen LogP contribution in [0.3, 0.4) is 0 Å². The second-order valence-corrected chi connectivity index (χ2v) is 6.14. The van der Waals surface area contributed by atoms with Gasteiger partial charge in [0.15, 0.2) is 0 Å². The lowest BCUT2D eigenvalue weighted by atomic mass is 10.1. The van der Waals surface area contributed by atoms with Crippen LogP contribution >= 0.6 is 23.1 Å². The van der Waals surface area contributed by atoms with E-state index in [1.54, 1.807) is 11.3 Å². The average molecular weight is 268 g/mol. The number of aryl methyl sites for hydroxylation is 1. The molecular formula is C11H12N2O2S2. The molecule has 1 N–H and O–H groups in total. The third-order valence-corrected chi connectivity index (χ3v) is 5.24. The molecule has 3 heterocycles. The van der Waals surface area contributed by atoms with Gasteiger partial charge in [-0.15, -0.1) is 11.3 Å². The summed E-state index contributed by atoms with van der Waals surface area (Å²) in [7, 11) is 0. The number of rotatable bonds is 2. The largest absolute Gasteiger partial charge is 0.395 e. The van der Waals surface area contributed by atoms with Gasteiger partial charge in [0.1, 0.15) is 4.83 Å². The number of hydrogen-bond donors (Lipinski definition) is 1. The van der Waals surface area contributed by atoms with Crippen molar-refractivity contribution in [1.29, 1.82) is 0 Å². The first-order valence-electron chi connectivity index (χ1n) is 5.49. The zero-order valence-corrected chi connectivity index (χ0v) is 10.8. The van der Waals surface area contributed by atoms with Gasteiger partial charge in [0.05, 0.1) is 24.9 Å². The standard InChI is InChI=1S/C11H12N2O2S2/c14-3-2-13-6-12-10-9(11(13)15)7-1-4-16-5-8(7)17-10/h6,14H,1-5H2. The molecule has 2 aromatic rings. The Labute approximate surface area is 106 Å². The Balaban J connectivity index is 2.27. The zero-order chi connectivity index (χ0) is 11.8. The molecular weight excluding hydrogens is 256 g/mol. The van der Waals surface area contributed by atoms with Crippen molar-refractivity contribution in [1.82, 2.24) is 9.55 Å². The molecule has 1 aliphatic rings. The number of aromatic nitrogens is 2. The minimum absolute atomic E-state index is 0.00606. The van der Waals surface area contributed by atoms with E-state index in [-0.39, 0.29) is 12.2 Å². The summed E-state index contributed by atoms with van der Waals surface area (Å²) in [5, 5.41) is 9.70. The number of hydrogen-bond acceptors (Lipinski definition) is 5. The van der Waals surface area contributed by atoms with E-state index in [0.717, 1.165) is 28.1 Å². The van der Waals surface area contributed by atoms with Crippen LogP contribution in [0.25, 0.3) is 10.2 Å². The maximum atomic E-state index is 12.3. The molecule has 1 aliphatic heterocycles. The summed E-state index contributed by atoms with van der Waals surface area (Å²) in [5.74, 6) is 2.07. The van der Waals surface area contributed by atoms with Crippen molar-refractivity contribution in [2.45, 2.75) is 18.7 Å². The first kappa shape index (κ1) is 11.3. The van der Waals surface area contributed by atoms with Gasteiger partial charge in [0.2, 0.25) is 0 Å². The summed E-state index contributed by atoms with van der Waals surface area (Å²) in [4.78, 5) is 18.7. The molecule has 0 aromatic carbocycles. The Bertz CT molecular complexity index is 618. The van der Waals surface area contributed by atoms with Crippen LogP contribution in [0.2, 0.25) is 0 Å². The number of fused-ring (bicyclic) bond motifs is 3. The number of aliphatic hydroxyl groups excluding tert-OH is 1. The van der Waals surface area contributed by atoms with Crippen LogP contribution in [0.15, 0.2) is 11.1 Å². The Morgan fingerprint density at radius 1 is 1.53 bits per heavy atom. The highest BCUT2D eigenvalue weighted by Gasteiger charge is 2.19. The Kier molecular flexibility index (Phi) is 2.94. The predicted octanol–water partition coefficient (Wildman–Crippen LogP) is 1.24. The third kappa shape index (κ3) is 1.80. The van der Waals surface area contributed by atoms with Gasteiger partial charge in [-0.2, -0.15) is 11.8 Å². The molecule has 17 heavy (non-hydrogen) atoms. The summed E-state index contributed by atoms with van der Waals surface area (Å²) in [6.45, 7) is 0.288. The van der Waals surface area contributed by atoms with E-state index in [2.05, 4.69) is 4.98 Å². The van der Waals surface area contributed by atoms with Gasteiger partial charge in [-0.25, -0.2) is 4.98 Å². The number of thiophene rings is 1. The van der Waals surface area contributed by atoms with Gasteiger partial charge in [-0.05, 0) is 17.7 Å². The molecule has 0 spiro atoms. The highest BCUT2D eigenvalue weighted by Crippen LogP contribution is 2.35. The van der Waals surface area contributed by atoms with E-state index >= 15 is 0 Å². The number of aliphatic hydroxyl groups is 1. The van der Waals surface area contributed by atoms with Crippen molar-refractivity contribution < 1.29 is 5.11 Å². The highest BCUT2D eigenvalue weighted by atomic mass is 32.2. The van der Waals surface area contributed by atoms with Gasteiger partial charge in [0, 0.05) is 10.6 Å². The quantitative estimate of drug-likeness (QED) is 0.890. The summed E-state index contributed by atoms with van der Waals surface area (Å²) < 4.78 is 1.50. The van der Waals surface area contributed by atoms with Gasteiger partial charge in [-0.3, -0.25) is 9.36 Å². The van der Waals surface area contributed by atoms with E-state index in [9.17, 15) is 4.79 Å². The molecule has 3 rings (SSSR count). The lowest BCUT2D eigenvalue weighted by molar-refractivity contribution is 0.274. The smallest absolute Gasteiger partial charge is 0.262 e.